The summed E-state index contributed by atoms with van der Waals surface area (Å²) in [6.45, 7) is 2.13. The zero-order valence-electron chi connectivity index (χ0n) is 9.23. The van der Waals surface area contributed by atoms with Crippen molar-refractivity contribution in [2.45, 2.75) is 6.42 Å². The van der Waals surface area contributed by atoms with Crippen LogP contribution in [0.3, 0.4) is 0 Å². The van der Waals surface area contributed by atoms with Crippen LogP contribution in [0.1, 0.15) is 12.0 Å². The van der Waals surface area contributed by atoms with E-state index in [2.05, 4.69) is 23.0 Å². The summed E-state index contributed by atoms with van der Waals surface area (Å²) in [5.74, 6) is 0.826. The molecular weight excluding hydrogens is 188 g/mol. The van der Waals surface area contributed by atoms with Crippen LogP contribution in [-0.2, 0) is 0 Å². The summed E-state index contributed by atoms with van der Waals surface area (Å²) in [4.78, 5) is 6.47. The summed E-state index contributed by atoms with van der Waals surface area (Å²) >= 11 is 0. The number of pyridine rings is 1. The molecule has 0 atom stereocenters. The van der Waals surface area contributed by atoms with Gasteiger partial charge in [0, 0.05) is 19.3 Å². The molecule has 0 saturated carbocycles. The van der Waals surface area contributed by atoms with Crippen molar-refractivity contribution < 1.29 is 4.74 Å². The van der Waals surface area contributed by atoms with Crippen LogP contribution in [-0.4, -0.2) is 37.1 Å². The van der Waals surface area contributed by atoms with Crippen molar-refractivity contribution in [2.75, 3.05) is 27.2 Å². The first-order valence-corrected chi connectivity index (χ1v) is 5.16. The van der Waals surface area contributed by atoms with Crippen LogP contribution in [0.15, 0.2) is 24.5 Å². The highest BCUT2D eigenvalue weighted by molar-refractivity contribution is 5.66. The molecular formula is C12H16N2O. The Morgan fingerprint density at radius 3 is 2.93 bits per heavy atom. The molecule has 0 bridgehead atoms. The highest BCUT2D eigenvalue weighted by Gasteiger charge is 2.10. The average Bonchev–Trinajstić information content (AvgIpc) is 2.30. The topological polar surface area (TPSA) is 25.4 Å². The van der Waals surface area contributed by atoms with Crippen LogP contribution in [0.2, 0.25) is 0 Å². The average molecular weight is 204 g/mol. The second-order valence-electron chi connectivity index (χ2n) is 3.86. The molecule has 1 aliphatic rings. The third kappa shape index (κ3) is 2.36. The molecule has 3 nitrogen and oxygen atoms in total. The van der Waals surface area contributed by atoms with E-state index in [9.17, 15) is 0 Å². The molecule has 0 N–H and O–H groups in total. The molecule has 0 fully saturated rings. The van der Waals surface area contributed by atoms with Crippen molar-refractivity contribution in [3.05, 3.63) is 30.1 Å². The van der Waals surface area contributed by atoms with E-state index in [1.807, 2.05) is 12.3 Å². The second-order valence-corrected chi connectivity index (χ2v) is 3.86. The molecule has 2 rings (SSSR count). The lowest BCUT2D eigenvalue weighted by molar-refractivity contribution is 0.370. The fraction of sp³-hybridized carbons (Fsp3) is 0.417. The first kappa shape index (κ1) is 10.2. The van der Waals surface area contributed by atoms with Gasteiger partial charge in [-0.15, -0.1) is 0 Å². The Morgan fingerprint density at radius 1 is 1.40 bits per heavy atom. The van der Waals surface area contributed by atoms with Crippen LogP contribution >= 0.6 is 0 Å². The Labute approximate surface area is 90.4 Å². The molecule has 0 amide bonds. The molecule has 15 heavy (non-hydrogen) atoms. The lowest BCUT2D eigenvalue weighted by atomic mass is 10.0. The number of rotatable bonds is 2. The van der Waals surface area contributed by atoms with Gasteiger partial charge in [0.1, 0.15) is 5.75 Å². The summed E-state index contributed by atoms with van der Waals surface area (Å²) < 4.78 is 5.17. The number of aromatic nitrogens is 1. The molecule has 0 radical (unpaired) electrons. The van der Waals surface area contributed by atoms with Crippen molar-refractivity contribution >= 4 is 5.57 Å². The zero-order valence-corrected chi connectivity index (χ0v) is 9.23. The maximum Gasteiger partial charge on any atom is 0.137 e. The summed E-state index contributed by atoms with van der Waals surface area (Å²) in [6.07, 6.45) is 6.99. The lowest BCUT2D eigenvalue weighted by Gasteiger charge is -2.22. The van der Waals surface area contributed by atoms with Gasteiger partial charge in [-0.05, 0) is 30.7 Å². The molecule has 1 aromatic rings. The Kier molecular flexibility index (Phi) is 3.02. The predicted octanol–water partition coefficient (Wildman–Crippen LogP) is 1.81. The van der Waals surface area contributed by atoms with Gasteiger partial charge in [-0.25, -0.2) is 0 Å². The van der Waals surface area contributed by atoms with E-state index in [0.29, 0.717) is 0 Å². The molecule has 1 aromatic heterocycles. The number of ether oxygens (including phenoxy) is 1. The van der Waals surface area contributed by atoms with Gasteiger partial charge in [0.15, 0.2) is 0 Å². The lowest BCUT2D eigenvalue weighted by Crippen LogP contribution is -2.23. The summed E-state index contributed by atoms with van der Waals surface area (Å²) in [5, 5.41) is 0. The molecule has 1 aliphatic heterocycles. The molecule has 2 heterocycles. The quantitative estimate of drug-likeness (QED) is 0.734. The van der Waals surface area contributed by atoms with Crippen LogP contribution in [0.4, 0.5) is 0 Å². The van der Waals surface area contributed by atoms with Gasteiger partial charge < -0.3 is 9.64 Å². The molecule has 0 saturated heterocycles. The van der Waals surface area contributed by atoms with Crippen molar-refractivity contribution in [1.29, 1.82) is 0 Å². The normalized spacial score (nSPS) is 17.3. The van der Waals surface area contributed by atoms with Crippen LogP contribution < -0.4 is 4.74 Å². The number of likely N-dealkylation sites (N-methyl/N-ethyl adjacent to an activating group) is 1. The Bertz CT molecular complexity index is 374. The molecule has 0 unspecified atom stereocenters. The van der Waals surface area contributed by atoms with Crippen molar-refractivity contribution in [3.63, 3.8) is 0 Å². The first-order valence-electron chi connectivity index (χ1n) is 5.16. The summed E-state index contributed by atoms with van der Waals surface area (Å²) in [5.41, 5.74) is 2.56. The SMILES string of the molecule is COc1cncc(C2=CCN(C)CC2)c1. The van der Waals surface area contributed by atoms with Crippen molar-refractivity contribution in [1.82, 2.24) is 9.88 Å². The van der Waals surface area contributed by atoms with Crippen LogP contribution in [0.25, 0.3) is 5.57 Å². The number of hydrogen-bond acceptors (Lipinski definition) is 3. The number of nitrogens with zero attached hydrogens (tertiary/aromatic N) is 2. The Hall–Kier alpha value is -1.35. The van der Waals surface area contributed by atoms with Gasteiger partial charge in [0.25, 0.3) is 0 Å². The monoisotopic (exact) mass is 204 g/mol. The van der Waals surface area contributed by atoms with Gasteiger partial charge in [0.2, 0.25) is 0 Å². The largest absolute Gasteiger partial charge is 0.495 e. The maximum absolute atomic E-state index is 5.17. The minimum absolute atomic E-state index is 0.826. The van der Waals surface area contributed by atoms with Gasteiger partial charge in [-0.3, -0.25) is 4.98 Å². The predicted molar refractivity (Wildman–Crippen MR) is 60.9 cm³/mol. The molecule has 0 spiro atoms. The third-order valence-corrected chi connectivity index (χ3v) is 2.73. The smallest absolute Gasteiger partial charge is 0.137 e. The van der Waals surface area contributed by atoms with E-state index in [4.69, 9.17) is 4.74 Å². The standard InChI is InChI=1S/C12H16N2O/c1-14-5-3-10(4-6-14)11-7-12(15-2)9-13-8-11/h3,7-9H,4-6H2,1-2H3. The number of hydrogen-bond donors (Lipinski definition) is 0. The Morgan fingerprint density at radius 2 is 2.27 bits per heavy atom. The van der Waals surface area contributed by atoms with E-state index in [0.717, 1.165) is 25.3 Å². The maximum atomic E-state index is 5.17. The van der Waals surface area contributed by atoms with Gasteiger partial charge in [0.05, 0.1) is 13.3 Å². The molecule has 0 aromatic carbocycles. The van der Waals surface area contributed by atoms with Gasteiger partial charge >= 0.3 is 0 Å². The van der Waals surface area contributed by atoms with Crippen LogP contribution in [0.5, 0.6) is 5.75 Å². The highest BCUT2D eigenvalue weighted by Crippen LogP contribution is 2.23. The van der Waals surface area contributed by atoms with E-state index >= 15 is 0 Å². The summed E-state index contributed by atoms with van der Waals surface area (Å²) in [7, 11) is 3.81. The van der Waals surface area contributed by atoms with E-state index in [1.54, 1.807) is 13.3 Å². The fourth-order valence-corrected chi connectivity index (χ4v) is 1.74. The van der Waals surface area contributed by atoms with Crippen LogP contribution in [0, 0.1) is 0 Å². The minimum atomic E-state index is 0.826. The molecule has 80 valence electrons. The van der Waals surface area contributed by atoms with E-state index in [1.165, 1.54) is 11.1 Å². The van der Waals surface area contributed by atoms with Crippen molar-refractivity contribution in [2.24, 2.45) is 0 Å². The third-order valence-electron chi connectivity index (χ3n) is 2.73. The summed E-state index contributed by atoms with van der Waals surface area (Å²) in [6, 6.07) is 2.05. The van der Waals surface area contributed by atoms with Gasteiger partial charge in [-0.2, -0.15) is 0 Å². The van der Waals surface area contributed by atoms with E-state index < -0.39 is 0 Å². The second kappa shape index (κ2) is 4.45. The number of methoxy groups -OCH3 is 1. The fourth-order valence-electron chi connectivity index (χ4n) is 1.74. The molecule has 0 aliphatic carbocycles. The minimum Gasteiger partial charge on any atom is -0.495 e. The van der Waals surface area contributed by atoms with E-state index in [-0.39, 0.29) is 0 Å². The zero-order chi connectivity index (χ0) is 10.7. The Balaban J connectivity index is 2.22. The highest BCUT2D eigenvalue weighted by atomic mass is 16.5. The molecule has 3 heteroatoms. The van der Waals surface area contributed by atoms with Crippen molar-refractivity contribution in [3.8, 4) is 5.75 Å². The van der Waals surface area contributed by atoms with Gasteiger partial charge in [-0.1, -0.05) is 6.08 Å². The first-order chi connectivity index (χ1) is 7.29.